The first-order chi connectivity index (χ1) is 9.83. The number of fused-ring (bicyclic) bond motifs is 2. The molecule has 0 aromatic heterocycles. The lowest BCUT2D eigenvalue weighted by Crippen LogP contribution is -2.27. The Labute approximate surface area is 125 Å². The summed E-state index contributed by atoms with van der Waals surface area (Å²) in [5, 5.41) is 4.31. The van der Waals surface area contributed by atoms with E-state index in [1.165, 1.54) is 16.9 Å². The fourth-order valence-corrected chi connectivity index (χ4v) is 4.21. The van der Waals surface area contributed by atoms with Gasteiger partial charge in [0.05, 0.1) is 13.2 Å². The van der Waals surface area contributed by atoms with Crippen molar-refractivity contribution in [2.24, 2.45) is 0 Å². The van der Waals surface area contributed by atoms with Crippen LogP contribution in [0, 0.1) is 0 Å². The first-order valence-corrected chi connectivity index (χ1v) is 8.55. The molecule has 0 spiro atoms. The first-order valence-electron chi connectivity index (χ1n) is 7.67. The molecule has 20 heavy (non-hydrogen) atoms. The van der Waals surface area contributed by atoms with Crippen molar-refractivity contribution in [2.45, 2.75) is 49.3 Å². The van der Waals surface area contributed by atoms with Crippen LogP contribution in [-0.4, -0.2) is 25.0 Å². The maximum absolute atomic E-state index is 5.83. The standard InChI is InChI=1S/C16H23NO2S/c1-3-6-17-16-11-9-12-13(19-8-5-7-18-12)10-15(11)20-14(16)4-2/h9-10,14,16-17H,3-8H2,1-2H3. The summed E-state index contributed by atoms with van der Waals surface area (Å²) in [5.41, 5.74) is 1.39. The third-order valence-electron chi connectivity index (χ3n) is 3.88. The maximum atomic E-state index is 5.83. The number of nitrogens with one attached hydrogen (secondary N) is 1. The number of rotatable bonds is 4. The normalized spacial score (nSPS) is 24.3. The third-order valence-corrected chi connectivity index (χ3v) is 5.40. The van der Waals surface area contributed by atoms with E-state index < -0.39 is 0 Å². The highest BCUT2D eigenvalue weighted by atomic mass is 32.2. The van der Waals surface area contributed by atoms with Crippen molar-refractivity contribution in [3.05, 3.63) is 17.7 Å². The molecule has 3 rings (SSSR count). The Morgan fingerprint density at radius 1 is 1.20 bits per heavy atom. The van der Waals surface area contributed by atoms with Crippen LogP contribution in [0.2, 0.25) is 0 Å². The van der Waals surface area contributed by atoms with Crippen molar-refractivity contribution in [1.29, 1.82) is 0 Å². The van der Waals surface area contributed by atoms with Crippen LogP contribution >= 0.6 is 11.8 Å². The van der Waals surface area contributed by atoms with Crippen LogP contribution in [-0.2, 0) is 0 Å². The molecule has 110 valence electrons. The monoisotopic (exact) mass is 293 g/mol. The molecule has 2 heterocycles. The van der Waals surface area contributed by atoms with Crippen LogP contribution in [0.1, 0.15) is 44.7 Å². The molecule has 2 unspecified atom stereocenters. The van der Waals surface area contributed by atoms with E-state index in [2.05, 4.69) is 31.3 Å². The van der Waals surface area contributed by atoms with Gasteiger partial charge in [0, 0.05) is 22.6 Å². The van der Waals surface area contributed by atoms with E-state index in [1.807, 2.05) is 11.8 Å². The molecule has 0 saturated heterocycles. The van der Waals surface area contributed by atoms with E-state index in [-0.39, 0.29) is 0 Å². The van der Waals surface area contributed by atoms with E-state index >= 15 is 0 Å². The minimum Gasteiger partial charge on any atom is -0.490 e. The summed E-state index contributed by atoms with van der Waals surface area (Å²) in [6.07, 6.45) is 3.30. The number of hydrogen-bond donors (Lipinski definition) is 1. The summed E-state index contributed by atoms with van der Waals surface area (Å²) in [6, 6.07) is 4.82. The number of hydrogen-bond acceptors (Lipinski definition) is 4. The summed E-state index contributed by atoms with van der Waals surface area (Å²) >= 11 is 1.98. The van der Waals surface area contributed by atoms with Gasteiger partial charge in [-0.1, -0.05) is 13.8 Å². The van der Waals surface area contributed by atoms with Crippen molar-refractivity contribution in [2.75, 3.05) is 19.8 Å². The summed E-state index contributed by atoms with van der Waals surface area (Å²) in [4.78, 5) is 1.36. The predicted molar refractivity (Wildman–Crippen MR) is 83.0 cm³/mol. The lowest BCUT2D eigenvalue weighted by molar-refractivity contribution is 0.296. The van der Waals surface area contributed by atoms with Crippen molar-refractivity contribution >= 4 is 11.8 Å². The van der Waals surface area contributed by atoms with Gasteiger partial charge in [-0.3, -0.25) is 0 Å². The van der Waals surface area contributed by atoms with Gasteiger partial charge in [-0.2, -0.15) is 0 Å². The van der Waals surface area contributed by atoms with E-state index in [9.17, 15) is 0 Å². The Kier molecular flexibility index (Phi) is 4.41. The topological polar surface area (TPSA) is 30.5 Å². The number of benzene rings is 1. The Balaban J connectivity index is 1.91. The molecular weight excluding hydrogens is 270 g/mol. The SMILES string of the molecule is CCCNC1c2cc3c(cc2SC1CC)OCCCO3. The molecule has 3 nitrogen and oxygen atoms in total. The lowest BCUT2D eigenvalue weighted by Gasteiger charge is -2.20. The minimum atomic E-state index is 0.442. The van der Waals surface area contributed by atoms with Crippen LogP contribution in [0.3, 0.4) is 0 Å². The fraction of sp³-hybridized carbons (Fsp3) is 0.625. The third kappa shape index (κ3) is 2.63. The summed E-state index contributed by atoms with van der Waals surface area (Å²) < 4.78 is 11.6. The van der Waals surface area contributed by atoms with Crippen LogP contribution < -0.4 is 14.8 Å². The van der Waals surface area contributed by atoms with Gasteiger partial charge in [0.2, 0.25) is 0 Å². The van der Waals surface area contributed by atoms with Crippen molar-refractivity contribution in [1.82, 2.24) is 5.32 Å². The van der Waals surface area contributed by atoms with Gasteiger partial charge in [0.15, 0.2) is 11.5 Å². The molecule has 0 radical (unpaired) electrons. The molecular formula is C16H23NO2S. The molecule has 2 aliphatic heterocycles. The van der Waals surface area contributed by atoms with Gasteiger partial charge in [-0.25, -0.2) is 0 Å². The molecule has 2 aliphatic rings. The lowest BCUT2D eigenvalue weighted by atomic mass is 10.0. The number of thioether (sulfide) groups is 1. The highest BCUT2D eigenvalue weighted by Gasteiger charge is 2.33. The molecule has 0 fully saturated rings. The molecule has 0 saturated carbocycles. The maximum Gasteiger partial charge on any atom is 0.162 e. The van der Waals surface area contributed by atoms with Gasteiger partial charge in [-0.15, -0.1) is 11.8 Å². The quantitative estimate of drug-likeness (QED) is 0.915. The van der Waals surface area contributed by atoms with Gasteiger partial charge >= 0.3 is 0 Å². The fourth-order valence-electron chi connectivity index (χ4n) is 2.84. The van der Waals surface area contributed by atoms with Gasteiger partial charge in [-0.05, 0) is 37.1 Å². The van der Waals surface area contributed by atoms with Crippen molar-refractivity contribution in [3.63, 3.8) is 0 Å². The zero-order valence-electron chi connectivity index (χ0n) is 12.3. The minimum absolute atomic E-state index is 0.442. The zero-order valence-corrected chi connectivity index (χ0v) is 13.1. The van der Waals surface area contributed by atoms with Crippen molar-refractivity contribution in [3.8, 4) is 11.5 Å². The van der Waals surface area contributed by atoms with Crippen LogP contribution in [0.25, 0.3) is 0 Å². The van der Waals surface area contributed by atoms with E-state index in [0.29, 0.717) is 11.3 Å². The van der Waals surface area contributed by atoms with E-state index in [1.54, 1.807) is 0 Å². The van der Waals surface area contributed by atoms with Gasteiger partial charge < -0.3 is 14.8 Å². The second kappa shape index (κ2) is 6.27. The summed E-state index contributed by atoms with van der Waals surface area (Å²) in [7, 11) is 0. The van der Waals surface area contributed by atoms with Crippen LogP contribution in [0.15, 0.2) is 17.0 Å². The molecule has 1 aromatic carbocycles. The Morgan fingerprint density at radius 2 is 1.95 bits per heavy atom. The Morgan fingerprint density at radius 3 is 2.65 bits per heavy atom. The average Bonchev–Trinajstić information content (AvgIpc) is 2.64. The predicted octanol–water partition coefficient (Wildman–Crippen LogP) is 3.77. The molecule has 1 N–H and O–H groups in total. The Hall–Kier alpha value is -0.870. The van der Waals surface area contributed by atoms with Gasteiger partial charge in [0.1, 0.15) is 0 Å². The molecule has 0 amide bonds. The molecule has 0 aliphatic carbocycles. The smallest absolute Gasteiger partial charge is 0.162 e. The van der Waals surface area contributed by atoms with E-state index in [4.69, 9.17) is 9.47 Å². The molecule has 0 bridgehead atoms. The first kappa shape index (κ1) is 14.1. The van der Waals surface area contributed by atoms with Crippen LogP contribution in [0.4, 0.5) is 0 Å². The second-order valence-electron chi connectivity index (χ2n) is 5.38. The Bertz CT molecular complexity index is 478. The summed E-state index contributed by atoms with van der Waals surface area (Å²) in [5.74, 6) is 1.83. The molecule has 1 aromatic rings. The zero-order chi connectivity index (χ0) is 13.9. The highest BCUT2D eigenvalue weighted by molar-refractivity contribution is 8.00. The van der Waals surface area contributed by atoms with Crippen LogP contribution in [0.5, 0.6) is 11.5 Å². The van der Waals surface area contributed by atoms with E-state index in [0.717, 1.165) is 44.1 Å². The second-order valence-corrected chi connectivity index (χ2v) is 6.66. The molecule has 4 heteroatoms. The summed E-state index contributed by atoms with van der Waals surface area (Å²) in [6.45, 7) is 7.05. The van der Waals surface area contributed by atoms with Crippen molar-refractivity contribution < 1.29 is 9.47 Å². The number of ether oxygens (including phenoxy) is 2. The van der Waals surface area contributed by atoms with Gasteiger partial charge in [0.25, 0.3) is 0 Å². The highest BCUT2D eigenvalue weighted by Crippen LogP contribution is 2.49. The molecule has 2 atom stereocenters. The largest absolute Gasteiger partial charge is 0.490 e. The average molecular weight is 293 g/mol.